The van der Waals surface area contributed by atoms with E-state index in [2.05, 4.69) is 0 Å². The first kappa shape index (κ1) is 9.65. The van der Waals surface area contributed by atoms with Crippen LogP contribution in [0.2, 0.25) is 0 Å². The average molecular weight is 176 g/mol. The molecule has 0 atom stereocenters. The highest BCUT2D eigenvalue weighted by Crippen LogP contribution is 2.09. The highest BCUT2D eigenvalue weighted by atomic mass is 16.1. The second-order valence-corrected chi connectivity index (χ2v) is 2.83. The summed E-state index contributed by atoms with van der Waals surface area (Å²) >= 11 is 0. The Balaban J connectivity index is 2.67. The summed E-state index contributed by atoms with van der Waals surface area (Å²) < 4.78 is 0. The summed E-state index contributed by atoms with van der Waals surface area (Å²) in [5, 5.41) is 0. The van der Waals surface area contributed by atoms with E-state index in [1.54, 1.807) is 25.2 Å². The summed E-state index contributed by atoms with van der Waals surface area (Å²) in [6.07, 6.45) is 9.34. The van der Waals surface area contributed by atoms with Crippen LogP contribution in [0.4, 0.5) is 0 Å². The third-order valence-electron chi connectivity index (χ3n) is 1.83. The van der Waals surface area contributed by atoms with E-state index in [-0.39, 0.29) is 11.6 Å². The minimum absolute atomic E-state index is 0.0447. The molecule has 0 fully saturated rings. The molecule has 1 aliphatic rings. The van der Waals surface area contributed by atoms with Gasteiger partial charge in [0.1, 0.15) is 0 Å². The third-order valence-corrected chi connectivity index (χ3v) is 1.83. The van der Waals surface area contributed by atoms with Crippen LogP contribution >= 0.6 is 0 Å². The Kier molecular flexibility index (Phi) is 3.38. The first-order valence-electron chi connectivity index (χ1n) is 4.35. The fourth-order valence-electron chi connectivity index (χ4n) is 1.01. The van der Waals surface area contributed by atoms with Crippen molar-refractivity contribution in [3.05, 3.63) is 36.0 Å². The zero-order valence-corrected chi connectivity index (χ0v) is 7.62. The van der Waals surface area contributed by atoms with Gasteiger partial charge in [-0.3, -0.25) is 9.59 Å². The summed E-state index contributed by atoms with van der Waals surface area (Å²) in [7, 11) is 0. The maximum Gasteiger partial charge on any atom is 0.166 e. The third kappa shape index (κ3) is 2.82. The van der Waals surface area contributed by atoms with Gasteiger partial charge in [-0.25, -0.2) is 0 Å². The quantitative estimate of drug-likeness (QED) is 0.616. The topological polar surface area (TPSA) is 34.1 Å². The Hall–Kier alpha value is -1.44. The molecular formula is C11H12O2. The van der Waals surface area contributed by atoms with Gasteiger partial charge in [0.25, 0.3) is 0 Å². The molecule has 0 aromatic heterocycles. The van der Waals surface area contributed by atoms with Crippen LogP contribution in [-0.4, -0.2) is 11.6 Å². The molecule has 68 valence electrons. The van der Waals surface area contributed by atoms with Gasteiger partial charge < -0.3 is 0 Å². The van der Waals surface area contributed by atoms with Crippen LogP contribution in [-0.2, 0) is 9.59 Å². The molecule has 0 amide bonds. The Labute approximate surface area is 77.6 Å². The van der Waals surface area contributed by atoms with Gasteiger partial charge in [-0.05, 0) is 12.2 Å². The molecule has 13 heavy (non-hydrogen) atoms. The number of carbonyl (C=O) groups excluding carboxylic acids is 2. The molecule has 1 rings (SSSR count). The lowest BCUT2D eigenvalue weighted by Crippen LogP contribution is -2.02. The van der Waals surface area contributed by atoms with E-state index in [9.17, 15) is 9.59 Å². The van der Waals surface area contributed by atoms with Gasteiger partial charge in [0, 0.05) is 18.4 Å². The zero-order chi connectivity index (χ0) is 9.68. The van der Waals surface area contributed by atoms with Crippen LogP contribution in [0.3, 0.4) is 0 Å². The first-order chi connectivity index (χ1) is 6.24. The smallest absolute Gasteiger partial charge is 0.166 e. The standard InChI is InChI=1S/C11H12O2/c1-2-10(12)8-7-9-5-3-4-6-11(9)13/h3-5,7-8H,2,6H2,1H3. The van der Waals surface area contributed by atoms with Crippen molar-refractivity contribution in [2.24, 2.45) is 0 Å². The molecule has 0 aromatic rings. The number of ketones is 2. The molecule has 0 saturated heterocycles. The summed E-state index contributed by atoms with van der Waals surface area (Å²) in [6, 6.07) is 0. The molecule has 0 radical (unpaired) electrons. The van der Waals surface area contributed by atoms with Crippen LogP contribution in [0.1, 0.15) is 19.8 Å². The molecule has 0 N–H and O–H groups in total. The van der Waals surface area contributed by atoms with Crippen molar-refractivity contribution in [1.82, 2.24) is 0 Å². The van der Waals surface area contributed by atoms with Crippen molar-refractivity contribution in [2.45, 2.75) is 19.8 Å². The summed E-state index contributed by atoms with van der Waals surface area (Å²) in [5.41, 5.74) is 0.615. The molecule has 0 saturated carbocycles. The second kappa shape index (κ2) is 4.55. The predicted octanol–water partition coefficient (Wildman–Crippen LogP) is 1.98. The minimum Gasteiger partial charge on any atom is -0.295 e. The van der Waals surface area contributed by atoms with E-state index in [4.69, 9.17) is 0 Å². The SMILES string of the molecule is CCC(=O)C=CC1=CC=CCC1=O. The number of Topliss-reactive ketones (excluding diaryl/α,β-unsaturated/α-hetero) is 1. The number of carbonyl (C=O) groups is 2. The van der Waals surface area contributed by atoms with Crippen LogP contribution in [0, 0.1) is 0 Å². The lowest BCUT2D eigenvalue weighted by Gasteiger charge is -2.01. The lowest BCUT2D eigenvalue weighted by atomic mass is 10.0. The van der Waals surface area contributed by atoms with Gasteiger partial charge in [-0.1, -0.05) is 25.2 Å². The second-order valence-electron chi connectivity index (χ2n) is 2.83. The van der Waals surface area contributed by atoms with E-state index in [1.165, 1.54) is 6.08 Å². The minimum atomic E-state index is 0.0447. The molecule has 0 spiro atoms. The Bertz CT molecular complexity index is 306. The van der Waals surface area contributed by atoms with Crippen molar-refractivity contribution < 1.29 is 9.59 Å². The van der Waals surface area contributed by atoms with Gasteiger partial charge >= 0.3 is 0 Å². The van der Waals surface area contributed by atoms with E-state index in [1.807, 2.05) is 6.08 Å². The maximum absolute atomic E-state index is 11.2. The molecule has 0 bridgehead atoms. The van der Waals surface area contributed by atoms with Crippen molar-refractivity contribution in [3.8, 4) is 0 Å². The summed E-state index contributed by atoms with van der Waals surface area (Å²) in [6.45, 7) is 1.80. The van der Waals surface area contributed by atoms with E-state index >= 15 is 0 Å². The highest BCUT2D eigenvalue weighted by molar-refractivity contribution is 6.01. The molecule has 0 aromatic carbocycles. The number of hydrogen-bond donors (Lipinski definition) is 0. The number of rotatable bonds is 3. The monoisotopic (exact) mass is 176 g/mol. The molecule has 0 unspecified atom stereocenters. The molecular weight excluding hydrogens is 164 g/mol. The van der Waals surface area contributed by atoms with Gasteiger partial charge in [0.2, 0.25) is 0 Å². The number of hydrogen-bond acceptors (Lipinski definition) is 2. The van der Waals surface area contributed by atoms with Crippen molar-refractivity contribution in [2.75, 3.05) is 0 Å². The van der Waals surface area contributed by atoms with Crippen molar-refractivity contribution >= 4 is 11.6 Å². The van der Waals surface area contributed by atoms with Gasteiger partial charge in [0.05, 0.1) is 0 Å². The first-order valence-corrected chi connectivity index (χ1v) is 4.35. The molecule has 2 nitrogen and oxygen atoms in total. The van der Waals surface area contributed by atoms with Gasteiger partial charge in [0.15, 0.2) is 11.6 Å². The van der Waals surface area contributed by atoms with Gasteiger partial charge in [-0.2, -0.15) is 0 Å². The normalized spacial score (nSPS) is 16.4. The highest BCUT2D eigenvalue weighted by Gasteiger charge is 2.06. The van der Waals surface area contributed by atoms with Crippen molar-refractivity contribution in [3.63, 3.8) is 0 Å². The zero-order valence-electron chi connectivity index (χ0n) is 7.62. The van der Waals surface area contributed by atoms with Crippen LogP contribution < -0.4 is 0 Å². The maximum atomic E-state index is 11.2. The molecule has 1 aliphatic carbocycles. The largest absolute Gasteiger partial charge is 0.295 e. The Morgan fingerprint density at radius 1 is 1.62 bits per heavy atom. The van der Waals surface area contributed by atoms with Crippen molar-refractivity contribution in [1.29, 1.82) is 0 Å². The Morgan fingerprint density at radius 2 is 2.38 bits per heavy atom. The van der Waals surface area contributed by atoms with Crippen LogP contribution in [0.5, 0.6) is 0 Å². The number of allylic oxidation sites excluding steroid dienone is 6. The fourth-order valence-corrected chi connectivity index (χ4v) is 1.01. The average Bonchev–Trinajstić information content (AvgIpc) is 2.16. The fraction of sp³-hybridized carbons (Fsp3) is 0.273. The lowest BCUT2D eigenvalue weighted by molar-refractivity contribution is -0.114. The molecule has 2 heteroatoms. The van der Waals surface area contributed by atoms with E-state index < -0.39 is 0 Å². The molecule has 0 heterocycles. The Morgan fingerprint density at radius 3 is 3.00 bits per heavy atom. The summed E-state index contributed by atoms with van der Waals surface area (Å²) in [5.74, 6) is 0.117. The summed E-state index contributed by atoms with van der Waals surface area (Å²) in [4.78, 5) is 22.1. The predicted molar refractivity (Wildman–Crippen MR) is 51.3 cm³/mol. The van der Waals surface area contributed by atoms with Crippen LogP contribution in [0.25, 0.3) is 0 Å². The molecule has 0 aliphatic heterocycles. The van der Waals surface area contributed by atoms with E-state index in [0.717, 1.165) is 0 Å². The van der Waals surface area contributed by atoms with E-state index in [0.29, 0.717) is 18.4 Å². The van der Waals surface area contributed by atoms with Gasteiger partial charge in [-0.15, -0.1) is 0 Å². The van der Waals surface area contributed by atoms with Crippen LogP contribution in [0.15, 0.2) is 36.0 Å².